The molecule has 1 amide bonds. The molecule has 1 saturated carbocycles. The zero-order chi connectivity index (χ0) is 27.6. The Bertz CT molecular complexity index is 1390. The second-order valence-corrected chi connectivity index (χ2v) is 10.7. The highest BCUT2D eigenvalue weighted by molar-refractivity contribution is 5.79. The number of carbonyl (C=O) groups is 1. The molecule has 3 heterocycles. The van der Waals surface area contributed by atoms with Crippen LogP contribution in [0.5, 0.6) is 0 Å². The molecular weight excluding hydrogens is 516 g/mol. The smallest absolute Gasteiger partial charge is 0.417 e. The number of rotatable bonds is 3. The lowest BCUT2D eigenvalue weighted by atomic mass is 9.92. The monoisotopic (exact) mass is 541 g/mol. The average molecular weight is 541 g/mol. The number of nitrogens with zero attached hydrogens (tertiary/aromatic N) is 4. The van der Waals surface area contributed by atoms with Gasteiger partial charge in [0, 0.05) is 36.5 Å². The molecule has 1 saturated heterocycles. The number of carbonyl (C=O) groups excluding carboxylic acids is 1. The fourth-order valence-electron chi connectivity index (χ4n) is 5.22. The lowest BCUT2D eigenvalue weighted by molar-refractivity contribution is -0.137. The van der Waals surface area contributed by atoms with Crippen LogP contribution < -0.4 is 5.32 Å². The number of amides is 1. The van der Waals surface area contributed by atoms with Crippen molar-refractivity contribution in [1.82, 2.24) is 19.5 Å². The molecular formula is C25H25F6N5O2. The fraction of sp³-hybridized carbons (Fsp3) is 0.480. The van der Waals surface area contributed by atoms with Crippen LogP contribution in [0.2, 0.25) is 0 Å². The molecule has 1 aliphatic heterocycles. The van der Waals surface area contributed by atoms with E-state index in [0.717, 1.165) is 23.4 Å². The first-order chi connectivity index (χ1) is 17.7. The molecule has 1 aromatic carbocycles. The molecule has 3 atom stereocenters. The Hall–Kier alpha value is -3.51. The lowest BCUT2D eigenvalue weighted by Crippen LogP contribution is -2.51. The predicted molar refractivity (Wildman–Crippen MR) is 125 cm³/mol. The summed E-state index contributed by atoms with van der Waals surface area (Å²) in [5.41, 5.74) is -2.93. The quantitative estimate of drug-likeness (QED) is 0.331. The van der Waals surface area contributed by atoms with Gasteiger partial charge in [0.25, 0.3) is 0 Å². The van der Waals surface area contributed by atoms with Crippen LogP contribution in [0.25, 0.3) is 16.8 Å². The van der Waals surface area contributed by atoms with Gasteiger partial charge in [-0.05, 0) is 63.6 Å². The number of alkyl halides is 3. The summed E-state index contributed by atoms with van der Waals surface area (Å²) in [6.45, 7) is 6.22. The van der Waals surface area contributed by atoms with Crippen LogP contribution in [0.1, 0.15) is 39.2 Å². The molecule has 2 aromatic heterocycles. The molecule has 0 spiro atoms. The van der Waals surface area contributed by atoms with Gasteiger partial charge in [0.1, 0.15) is 5.60 Å². The number of benzene rings is 1. The number of pyridine rings is 1. The molecule has 204 valence electrons. The van der Waals surface area contributed by atoms with Crippen molar-refractivity contribution in [3.63, 3.8) is 0 Å². The van der Waals surface area contributed by atoms with E-state index in [0.29, 0.717) is 31.4 Å². The first-order valence-corrected chi connectivity index (χ1v) is 12.1. The highest BCUT2D eigenvalue weighted by Crippen LogP contribution is 2.40. The molecule has 0 unspecified atom stereocenters. The van der Waals surface area contributed by atoms with Gasteiger partial charge in [-0.3, -0.25) is 0 Å². The van der Waals surface area contributed by atoms with E-state index in [9.17, 15) is 31.1 Å². The maximum atomic E-state index is 14.6. The van der Waals surface area contributed by atoms with Crippen LogP contribution in [-0.2, 0) is 10.9 Å². The largest absolute Gasteiger partial charge is 0.444 e. The van der Waals surface area contributed by atoms with Gasteiger partial charge in [-0.15, -0.1) is 5.10 Å². The van der Waals surface area contributed by atoms with Crippen molar-refractivity contribution >= 4 is 17.7 Å². The number of aromatic nitrogens is 3. The Morgan fingerprint density at radius 3 is 2.29 bits per heavy atom. The van der Waals surface area contributed by atoms with Crippen molar-refractivity contribution in [1.29, 1.82) is 0 Å². The lowest BCUT2D eigenvalue weighted by Gasteiger charge is -2.38. The number of anilines is 1. The van der Waals surface area contributed by atoms with Gasteiger partial charge in [0.05, 0.1) is 5.56 Å². The Kier molecular flexibility index (Phi) is 6.22. The number of nitrogens with one attached hydrogen (secondary N) is 1. The number of hydrogen-bond acceptors (Lipinski definition) is 5. The first-order valence-electron chi connectivity index (χ1n) is 12.1. The maximum absolute atomic E-state index is 14.6. The van der Waals surface area contributed by atoms with Crippen LogP contribution >= 0.6 is 0 Å². The highest BCUT2D eigenvalue weighted by Gasteiger charge is 2.44. The van der Waals surface area contributed by atoms with Gasteiger partial charge in [-0.1, -0.05) is 0 Å². The molecule has 2 bridgehead atoms. The van der Waals surface area contributed by atoms with E-state index in [2.05, 4.69) is 15.4 Å². The maximum Gasteiger partial charge on any atom is 0.417 e. The van der Waals surface area contributed by atoms with Crippen LogP contribution in [0.3, 0.4) is 0 Å². The minimum atomic E-state index is -4.81. The zero-order valence-corrected chi connectivity index (χ0v) is 20.7. The van der Waals surface area contributed by atoms with Crippen LogP contribution in [0.15, 0.2) is 24.4 Å². The molecule has 2 fully saturated rings. The number of likely N-dealkylation sites (tertiary alicyclic amines) is 1. The molecule has 0 radical (unpaired) electrons. The molecule has 2 aliphatic rings. The summed E-state index contributed by atoms with van der Waals surface area (Å²) in [5, 5.41) is 7.32. The van der Waals surface area contributed by atoms with E-state index in [4.69, 9.17) is 4.74 Å². The molecule has 13 heteroatoms. The molecule has 5 rings (SSSR count). The standard InChI is InChI=1S/C25H25F6N5O2/c1-24(2,3)38-23(37)35-9-12-4-5-13(10-35)20(12)32-22-33-21-16(15-6-7-17(26)19(28)18(15)27)8-14(25(29,30)31)11-36(21)34-22/h6-8,11-13,20H,4-5,9-10H2,1-3H3,(H,32,34)/t12-,13+,20-. The van der Waals surface area contributed by atoms with Gasteiger partial charge in [0.2, 0.25) is 5.95 Å². The number of ether oxygens (including phenoxy) is 1. The predicted octanol–water partition coefficient (Wildman–Crippen LogP) is 5.89. The van der Waals surface area contributed by atoms with Crippen LogP contribution in [-0.4, -0.2) is 50.3 Å². The highest BCUT2D eigenvalue weighted by atomic mass is 19.4. The fourth-order valence-corrected chi connectivity index (χ4v) is 5.22. The Morgan fingerprint density at radius 2 is 1.68 bits per heavy atom. The van der Waals surface area contributed by atoms with E-state index in [1.54, 1.807) is 25.7 Å². The van der Waals surface area contributed by atoms with Gasteiger partial charge < -0.3 is 15.0 Å². The summed E-state index contributed by atoms with van der Waals surface area (Å²) in [4.78, 5) is 18.5. The summed E-state index contributed by atoms with van der Waals surface area (Å²) >= 11 is 0. The summed E-state index contributed by atoms with van der Waals surface area (Å²) in [5.74, 6) is -4.84. The summed E-state index contributed by atoms with van der Waals surface area (Å²) in [6.07, 6.45) is -2.88. The summed E-state index contributed by atoms with van der Waals surface area (Å²) in [7, 11) is 0. The van der Waals surface area contributed by atoms with Gasteiger partial charge >= 0.3 is 12.3 Å². The third-order valence-electron chi connectivity index (χ3n) is 6.87. The van der Waals surface area contributed by atoms with Crippen molar-refractivity contribution < 1.29 is 35.9 Å². The van der Waals surface area contributed by atoms with E-state index in [1.165, 1.54) is 0 Å². The average Bonchev–Trinajstić information content (AvgIpc) is 3.31. The molecule has 1 aliphatic carbocycles. The second-order valence-electron chi connectivity index (χ2n) is 10.7. The van der Waals surface area contributed by atoms with Gasteiger partial charge in [-0.2, -0.15) is 18.2 Å². The van der Waals surface area contributed by atoms with E-state index in [-0.39, 0.29) is 35.0 Å². The Labute approximate surface area is 213 Å². The number of hydrogen-bond donors (Lipinski definition) is 1. The molecule has 1 N–H and O–H groups in total. The third kappa shape index (κ3) is 4.85. The van der Waals surface area contributed by atoms with Crippen LogP contribution in [0.4, 0.5) is 37.1 Å². The Morgan fingerprint density at radius 1 is 1.03 bits per heavy atom. The topological polar surface area (TPSA) is 71.8 Å². The molecule has 38 heavy (non-hydrogen) atoms. The van der Waals surface area contributed by atoms with Gasteiger partial charge in [0.15, 0.2) is 23.1 Å². The summed E-state index contributed by atoms with van der Waals surface area (Å²) in [6, 6.07) is 1.97. The van der Waals surface area contributed by atoms with Crippen molar-refractivity contribution in [2.24, 2.45) is 11.8 Å². The van der Waals surface area contributed by atoms with Crippen molar-refractivity contribution in [3.05, 3.63) is 47.4 Å². The first kappa shape index (κ1) is 26.1. The number of piperidine rings is 1. The van der Waals surface area contributed by atoms with Crippen molar-refractivity contribution in [2.45, 2.75) is 51.4 Å². The second kappa shape index (κ2) is 9.05. The van der Waals surface area contributed by atoms with E-state index in [1.807, 2.05) is 0 Å². The minimum absolute atomic E-state index is 0.00110. The third-order valence-corrected chi connectivity index (χ3v) is 6.87. The minimum Gasteiger partial charge on any atom is -0.444 e. The normalized spacial score (nSPS) is 21.7. The number of halogens is 6. The summed E-state index contributed by atoms with van der Waals surface area (Å²) < 4.78 is 89.1. The zero-order valence-electron chi connectivity index (χ0n) is 20.7. The number of fused-ring (bicyclic) bond motifs is 3. The SMILES string of the molecule is CC(C)(C)OC(=O)N1C[C@H]2CC[C@@H](C1)[C@@H]2Nc1nc2c(-c3ccc(F)c(F)c3F)cc(C(F)(F)F)cn2n1. The van der Waals surface area contributed by atoms with E-state index >= 15 is 0 Å². The van der Waals surface area contributed by atoms with E-state index < -0.39 is 46.4 Å². The molecule has 7 nitrogen and oxygen atoms in total. The van der Waals surface area contributed by atoms with Gasteiger partial charge in [-0.25, -0.2) is 22.5 Å². The molecule has 3 aromatic rings. The van der Waals surface area contributed by atoms with Crippen molar-refractivity contribution in [2.75, 3.05) is 18.4 Å². The Balaban J connectivity index is 1.47. The van der Waals surface area contributed by atoms with Crippen LogP contribution in [0, 0.1) is 29.3 Å². The van der Waals surface area contributed by atoms with Crippen molar-refractivity contribution in [3.8, 4) is 11.1 Å².